The van der Waals surface area contributed by atoms with Gasteiger partial charge in [-0.05, 0) is 48.9 Å². The largest absolute Gasteiger partial charge is 0.465 e. The van der Waals surface area contributed by atoms with Gasteiger partial charge in [-0.1, -0.05) is 6.07 Å². The third kappa shape index (κ3) is 4.60. The number of anilines is 2. The molecule has 0 bridgehead atoms. The Hall–Kier alpha value is -3.80. The SMILES string of the molecule is N#Cc1ccc(N(CC2=C(Nc3cccc(C(F)(F)F)c3)CCC2=O)C(=O)O)cc1. The van der Waals surface area contributed by atoms with Crippen LogP contribution in [-0.4, -0.2) is 23.5 Å². The van der Waals surface area contributed by atoms with Crippen LogP contribution in [-0.2, 0) is 11.0 Å². The van der Waals surface area contributed by atoms with E-state index in [4.69, 9.17) is 5.26 Å². The number of Topliss-reactive ketones (excluding diaryl/α,β-unsaturated/α-hetero) is 1. The molecule has 1 aliphatic rings. The second kappa shape index (κ2) is 8.29. The fraction of sp³-hybridized carbons (Fsp3) is 0.190. The average Bonchev–Trinajstić information content (AvgIpc) is 3.04. The molecule has 0 atom stereocenters. The standard InChI is InChI=1S/C21H16F3N3O3/c22-21(23,24)14-2-1-3-15(10-14)26-18-8-9-19(28)17(18)12-27(20(29)30)16-6-4-13(11-25)5-7-16/h1-7,10,26H,8-9,12H2,(H,29,30). The van der Waals surface area contributed by atoms with Gasteiger partial charge in [0.2, 0.25) is 0 Å². The Balaban J connectivity index is 1.89. The van der Waals surface area contributed by atoms with E-state index >= 15 is 0 Å². The zero-order valence-corrected chi connectivity index (χ0v) is 15.5. The van der Waals surface area contributed by atoms with Crippen molar-refractivity contribution in [2.45, 2.75) is 19.0 Å². The van der Waals surface area contributed by atoms with Gasteiger partial charge in [-0.15, -0.1) is 0 Å². The zero-order valence-electron chi connectivity index (χ0n) is 15.5. The van der Waals surface area contributed by atoms with E-state index in [1.807, 2.05) is 6.07 Å². The van der Waals surface area contributed by atoms with Gasteiger partial charge in [0.1, 0.15) is 0 Å². The molecule has 0 aromatic heterocycles. The van der Waals surface area contributed by atoms with Crippen LogP contribution >= 0.6 is 0 Å². The van der Waals surface area contributed by atoms with Crippen molar-refractivity contribution in [3.05, 3.63) is 70.9 Å². The van der Waals surface area contributed by atoms with E-state index in [1.54, 1.807) is 0 Å². The lowest BCUT2D eigenvalue weighted by atomic mass is 10.1. The summed E-state index contributed by atoms with van der Waals surface area (Å²) < 4.78 is 38.8. The van der Waals surface area contributed by atoms with Crippen molar-refractivity contribution in [2.24, 2.45) is 0 Å². The first kappa shape index (κ1) is 20.9. The molecule has 2 aromatic carbocycles. The van der Waals surface area contributed by atoms with Crippen molar-refractivity contribution in [3.63, 3.8) is 0 Å². The lowest BCUT2D eigenvalue weighted by Crippen LogP contribution is -2.33. The number of nitrogens with one attached hydrogen (secondary N) is 1. The number of carboxylic acid groups (broad SMARTS) is 1. The number of rotatable bonds is 5. The quantitative estimate of drug-likeness (QED) is 0.732. The third-order valence-corrected chi connectivity index (χ3v) is 4.64. The third-order valence-electron chi connectivity index (χ3n) is 4.64. The molecule has 3 rings (SSSR count). The van der Waals surface area contributed by atoms with Gasteiger partial charge in [0.15, 0.2) is 5.78 Å². The minimum absolute atomic E-state index is 0.136. The number of nitriles is 1. The van der Waals surface area contributed by atoms with Gasteiger partial charge in [0, 0.05) is 29.1 Å². The molecule has 2 N–H and O–H groups in total. The first-order chi connectivity index (χ1) is 14.2. The monoisotopic (exact) mass is 415 g/mol. The van der Waals surface area contributed by atoms with E-state index in [-0.39, 0.29) is 42.1 Å². The highest BCUT2D eigenvalue weighted by Crippen LogP contribution is 2.32. The van der Waals surface area contributed by atoms with E-state index in [0.29, 0.717) is 11.3 Å². The van der Waals surface area contributed by atoms with Crippen LogP contribution in [0.1, 0.15) is 24.0 Å². The smallest absolute Gasteiger partial charge is 0.416 e. The molecule has 0 unspecified atom stereocenters. The van der Waals surface area contributed by atoms with E-state index < -0.39 is 17.8 Å². The fourth-order valence-corrected chi connectivity index (χ4v) is 3.12. The summed E-state index contributed by atoms with van der Waals surface area (Å²) in [6, 6.07) is 12.3. The van der Waals surface area contributed by atoms with Crippen LogP contribution in [0.4, 0.5) is 29.3 Å². The zero-order chi connectivity index (χ0) is 21.9. The van der Waals surface area contributed by atoms with Gasteiger partial charge in [0.05, 0.1) is 23.7 Å². The number of alkyl halides is 3. The molecule has 0 aliphatic heterocycles. The Morgan fingerprint density at radius 1 is 1.17 bits per heavy atom. The number of allylic oxidation sites excluding steroid dienone is 1. The predicted octanol–water partition coefficient (Wildman–Crippen LogP) is 4.79. The van der Waals surface area contributed by atoms with Gasteiger partial charge < -0.3 is 10.4 Å². The first-order valence-electron chi connectivity index (χ1n) is 8.89. The summed E-state index contributed by atoms with van der Waals surface area (Å²) >= 11 is 0. The van der Waals surface area contributed by atoms with E-state index in [2.05, 4.69) is 5.32 Å². The minimum Gasteiger partial charge on any atom is -0.465 e. The van der Waals surface area contributed by atoms with E-state index in [0.717, 1.165) is 17.0 Å². The number of hydrogen-bond donors (Lipinski definition) is 2. The summed E-state index contributed by atoms with van der Waals surface area (Å²) in [5.41, 5.74) is 0.536. The molecule has 6 nitrogen and oxygen atoms in total. The molecule has 30 heavy (non-hydrogen) atoms. The maximum Gasteiger partial charge on any atom is 0.416 e. The van der Waals surface area contributed by atoms with Crippen molar-refractivity contribution in [3.8, 4) is 6.07 Å². The molecule has 0 heterocycles. The summed E-state index contributed by atoms with van der Waals surface area (Å²) in [6.07, 6.45) is -5.40. The molecular formula is C21H16F3N3O3. The van der Waals surface area contributed by atoms with Crippen molar-refractivity contribution in [2.75, 3.05) is 16.8 Å². The van der Waals surface area contributed by atoms with Gasteiger partial charge in [0.25, 0.3) is 0 Å². The Morgan fingerprint density at radius 3 is 2.47 bits per heavy atom. The van der Waals surface area contributed by atoms with Crippen LogP contribution < -0.4 is 10.2 Å². The Labute approximate surface area is 169 Å². The number of nitrogens with zero attached hydrogens (tertiary/aromatic N) is 2. The summed E-state index contributed by atoms with van der Waals surface area (Å²) in [5, 5.41) is 21.3. The number of ketones is 1. The highest BCUT2D eigenvalue weighted by Gasteiger charge is 2.31. The lowest BCUT2D eigenvalue weighted by Gasteiger charge is -2.21. The fourth-order valence-electron chi connectivity index (χ4n) is 3.12. The molecule has 1 amide bonds. The van der Waals surface area contributed by atoms with Crippen LogP contribution in [0, 0.1) is 11.3 Å². The number of carbonyl (C=O) groups excluding carboxylic acids is 1. The molecule has 0 spiro atoms. The minimum atomic E-state index is -4.50. The van der Waals surface area contributed by atoms with E-state index in [1.165, 1.54) is 36.4 Å². The lowest BCUT2D eigenvalue weighted by molar-refractivity contribution is -0.137. The van der Waals surface area contributed by atoms with Crippen molar-refractivity contribution in [1.82, 2.24) is 0 Å². The Bertz CT molecular complexity index is 1050. The molecule has 0 saturated heterocycles. The number of halogens is 3. The molecule has 154 valence electrons. The van der Waals surface area contributed by atoms with Crippen molar-refractivity contribution in [1.29, 1.82) is 5.26 Å². The van der Waals surface area contributed by atoms with Crippen LogP contribution in [0.5, 0.6) is 0 Å². The molecule has 0 radical (unpaired) electrons. The van der Waals surface area contributed by atoms with Crippen molar-refractivity contribution < 1.29 is 27.9 Å². The van der Waals surface area contributed by atoms with Gasteiger partial charge >= 0.3 is 12.3 Å². The number of hydrogen-bond acceptors (Lipinski definition) is 4. The molecule has 0 fully saturated rings. The second-order valence-electron chi connectivity index (χ2n) is 6.61. The van der Waals surface area contributed by atoms with Crippen LogP contribution in [0.25, 0.3) is 0 Å². The second-order valence-corrected chi connectivity index (χ2v) is 6.61. The maximum atomic E-state index is 12.9. The molecule has 0 saturated carbocycles. The van der Waals surface area contributed by atoms with E-state index in [9.17, 15) is 27.9 Å². The summed E-state index contributed by atoms with van der Waals surface area (Å²) in [7, 11) is 0. The molecule has 1 aliphatic carbocycles. The molecule has 9 heteroatoms. The van der Waals surface area contributed by atoms with Crippen LogP contribution in [0.3, 0.4) is 0 Å². The highest BCUT2D eigenvalue weighted by molar-refractivity contribution is 6.02. The van der Waals surface area contributed by atoms with Crippen LogP contribution in [0.15, 0.2) is 59.8 Å². The topological polar surface area (TPSA) is 93.4 Å². The van der Waals surface area contributed by atoms with Crippen LogP contribution in [0.2, 0.25) is 0 Å². The number of amides is 1. The van der Waals surface area contributed by atoms with Gasteiger partial charge in [-0.2, -0.15) is 18.4 Å². The van der Waals surface area contributed by atoms with Crippen molar-refractivity contribution >= 4 is 23.3 Å². The first-order valence-corrected chi connectivity index (χ1v) is 8.89. The molecule has 2 aromatic rings. The highest BCUT2D eigenvalue weighted by atomic mass is 19.4. The summed E-state index contributed by atoms with van der Waals surface area (Å²) in [6.45, 7) is -0.263. The maximum absolute atomic E-state index is 12.9. The van der Waals surface area contributed by atoms with Gasteiger partial charge in [-0.25, -0.2) is 4.79 Å². The Morgan fingerprint density at radius 2 is 1.87 bits per heavy atom. The Kier molecular flexibility index (Phi) is 5.78. The normalized spacial score (nSPS) is 13.9. The van der Waals surface area contributed by atoms with Gasteiger partial charge in [-0.3, -0.25) is 9.69 Å². The summed E-state index contributed by atoms with van der Waals surface area (Å²) in [4.78, 5) is 25.1. The number of carbonyl (C=O) groups is 2. The molecular weight excluding hydrogens is 399 g/mol. The predicted molar refractivity (Wildman–Crippen MR) is 103 cm³/mol. The summed E-state index contributed by atoms with van der Waals surface area (Å²) in [5.74, 6) is -0.274. The average molecular weight is 415 g/mol. The number of benzene rings is 2.